The van der Waals surface area contributed by atoms with Gasteiger partial charge in [0, 0.05) is 11.8 Å². The number of nitrogens with two attached hydrogens (primary N) is 1. The smallest absolute Gasteiger partial charge is 0.360 e. The van der Waals surface area contributed by atoms with Gasteiger partial charge in [0.25, 0.3) is 0 Å². The van der Waals surface area contributed by atoms with Crippen LogP contribution in [0.2, 0.25) is 0 Å². The van der Waals surface area contributed by atoms with Crippen molar-refractivity contribution in [3.8, 4) is 0 Å². The molecule has 2 N–H and O–H groups in total. The minimum atomic E-state index is -0.462. The van der Waals surface area contributed by atoms with Crippen molar-refractivity contribution in [2.24, 2.45) is 0 Å². The minimum absolute atomic E-state index is 0.204. The summed E-state index contributed by atoms with van der Waals surface area (Å²) in [6, 6.07) is 0. The molecule has 1 atom stereocenters. The summed E-state index contributed by atoms with van der Waals surface area (Å²) in [7, 11) is 0. The van der Waals surface area contributed by atoms with Crippen LogP contribution in [0, 0.1) is 0 Å². The van der Waals surface area contributed by atoms with Gasteiger partial charge in [0.1, 0.15) is 5.82 Å². The summed E-state index contributed by atoms with van der Waals surface area (Å²) in [4.78, 5) is 15.4. The fraction of sp³-hybridized carbons (Fsp3) is 0.600. The standard InChI is InChI=1S/C10H17N3O2S/c1-4-15-10(14)8-9(11)13(6-12-8)5-7(2)16-3/h6-7H,4-5,11H2,1-3H3. The van der Waals surface area contributed by atoms with E-state index in [1.54, 1.807) is 29.6 Å². The molecule has 1 aromatic rings. The molecule has 0 radical (unpaired) electrons. The van der Waals surface area contributed by atoms with Crippen molar-refractivity contribution in [2.75, 3.05) is 18.6 Å². The summed E-state index contributed by atoms with van der Waals surface area (Å²) < 4.78 is 6.62. The second-order valence-electron chi connectivity index (χ2n) is 3.40. The van der Waals surface area contributed by atoms with E-state index in [2.05, 4.69) is 11.9 Å². The molecule has 0 amide bonds. The van der Waals surface area contributed by atoms with Crippen LogP contribution in [0.25, 0.3) is 0 Å². The Morgan fingerprint density at radius 1 is 1.75 bits per heavy atom. The molecule has 90 valence electrons. The summed E-state index contributed by atoms with van der Waals surface area (Å²) >= 11 is 1.74. The average molecular weight is 243 g/mol. The summed E-state index contributed by atoms with van der Waals surface area (Å²) in [5.74, 6) is -0.0881. The number of carbonyl (C=O) groups is 1. The van der Waals surface area contributed by atoms with Crippen LogP contribution in [-0.4, -0.2) is 33.6 Å². The third-order valence-electron chi connectivity index (χ3n) is 2.20. The molecule has 0 saturated carbocycles. The average Bonchev–Trinajstić information content (AvgIpc) is 2.61. The summed E-state index contributed by atoms with van der Waals surface area (Å²) in [6.45, 7) is 4.90. The molecule has 0 fully saturated rings. The first-order valence-corrected chi connectivity index (χ1v) is 6.39. The normalized spacial score (nSPS) is 12.4. The van der Waals surface area contributed by atoms with E-state index in [1.165, 1.54) is 0 Å². The number of ether oxygens (including phenoxy) is 1. The Hall–Kier alpha value is -1.17. The first kappa shape index (κ1) is 12.9. The Morgan fingerprint density at radius 2 is 2.44 bits per heavy atom. The van der Waals surface area contributed by atoms with Gasteiger partial charge in [0.15, 0.2) is 5.69 Å². The lowest BCUT2D eigenvalue weighted by atomic mass is 10.4. The number of anilines is 1. The van der Waals surface area contributed by atoms with Crippen LogP contribution in [0.5, 0.6) is 0 Å². The van der Waals surface area contributed by atoms with Crippen LogP contribution >= 0.6 is 11.8 Å². The molecular formula is C10H17N3O2S. The maximum Gasteiger partial charge on any atom is 0.360 e. The number of esters is 1. The quantitative estimate of drug-likeness (QED) is 0.791. The topological polar surface area (TPSA) is 70.1 Å². The van der Waals surface area contributed by atoms with Crippen molar-refractivity contribution >= 4 is 23.5 Å². The highest BCUT2D eigenvalue weighted by atomic mass is 32.2. The van der Waals surface area contributed by atoms with Gasteiger partial charge in [0.2, 0.25) is 0 Å². The number of nitrogens with zero attached hydrogens (tertiary/aromatic N) is 2. The van der Waals surface area contributed by atoms with E-state index in [0.717, 1.165) is 6.54 Å². The third-order valence-corrected chi connectivity index (χ3v) is 3.16. The number of hydrogen-bond acceptors (Lipinski definition) is 5. The van der Waals surface area contributed by atoms with Crippen molar-refractivity contribution < 1.29 is 9.53 Å². The summed E-state index contributed by atoms with van der Waals surface area (Å²) in [5, 5.41) is 0.423. The Morgan fingerprint density at radius 3 is 3.00 bits per heavy atom. The SMILES string of the molecule is CCOC(=O)c1ncn(CC(C)SC)c1N. The molecule has 0 aliphatic rings. The Balaban J connectivity index is 2.79. The molecule has 1 aromatic heterocycles. The second-order valence-corrected chi connectivity index (χ2v) is 4.67. The number of rotatable bonds is 5. The Bertz CT molecular complexity index is 365. The van der Waals surface area contributed by atoms with Crippen LogP contribution in [0.3, 0.4) is 0 Å². The van der Waals surface area contributed by atoms with Crippen molar-refractivity contribution in [1.82, 2.24) is 9.55 Å². The van der Waals surface area contributed by atoms with Gasteiger partial charge < -0.3 is 15.0 Å². The number of carbonyl (C=O) groups excluding carboxylic acids is 1. The van der Waals surface area contributed by atoms with E-state index in [4.69, 9.17) is 10.5 Å². The summed E-state index contributed by atoms with van der Waals surface area (Å²) in [5.41, 5.74) is 6.03. The van der Waals surface area contributed by atoms with Crippen LogP contribution in [0.15, 0.2) is 6.33 Å². The second kappa shape index (κ2) is 5.79. The maximum absolute atomic E-state index is 11.5. The zero-order valence-electron chi connectivity index (χ0n) is 9.77. The number of hydrogen-bond donors (Lipinski definition) is 1. The van der Waals surface area contributed by atoms with Crippen molar-refractivity contribution in [3.05, 3.63) is 12.0 Å². The summed E-state index contributed by atoms with van der Waals surface area (Å²) in [6.07, 6.45) is 3.61. The molecule has 0 saturated heterocycles. The van der Waals surface area contributed by atoms with Gasteiger partial charge in [-0.05, 0) is 13.2 Å². The third kappa shape index (κ3) is 2.91. The van der Waals surface area contributed by atoms with Gasteiger partial charge in [-0.25, -0.2) is 9.78 Å². The van der Waals surface area contributed by atoms with E-state index in [0.29, 0.717) is 17.7 Å². The molecule has 0 bridgehead atoms. The van der Waals surface area contributed by atoms with Crippen molar-refractivity contribution in [3.63, 3.8) is 0 Å². The maximum atomic E-state index is 11.5. The van der Waals surface area contributed by atoms with Gasteiger partial charge in [-0.2, -0.15) is 11.8 Å². The van der Waals surface area contributed by atoms with Crippen LogP contribution in [0.4, 0.5) is 5.82 Å². The van der Waals surface area contributed by atoms with E-state index in [-0.39, 0.29) is 5.69 Å². The predicted octanol–water partition coefficient (Wildman–Crippen LogP) is 1.39. The van der Waals surface area contributed by atoms with Crippen molar-refractivity contribution in [2.45, 2.75) is 25.6 Å². The van der Waals surface area contributed by atoms with Crippen molar-refractivity contribution in [1.29, 1.82) is 0 Å². The molecule has 0 aliphatic heterocycles. The molecular weight excluding hydrogens is 226 g/mol. The van der Waals surface area contributed by atoms with Gasteiger partial charge in [-0.1, -0.05) is 6.92 Å². The van der Waals surface area contributed by atoms with Gasteiger partial charge in [-0.3, -0.25) is 0 Å². The lowest BCUT2D eigenvalue weighted by molar-refractivity contribution is 0.0521. The minimum Gasteiger partial charge on any atom is -0.461 e. The first-order chi connectivity index (χ1) is 7.60. The molecule has 0 aromatic carbocycles. The highest BCUT2D eigenvalue weighted by molar-refractivity contribution is 7.99. The number of imidazole rings is 1. The predicted molar refractivity (Wildman–Crippen MR) is 65.6 cm³/mol. The van der Waals surface area contributed by atoms with Crippen LogP contribution < -0.4 is 5.73 Å². The van der Waals surface area contributed by atoms with E-state index in [1.807, 2.05) is 6.26 Å². The van der Waals surface area contributed by atoms with Gasteiger partial charge in [0.05, 0.1) is 12.9 Å². The molecule has 0 aliphatic carbocycles. The van der Waals surface area contributed by atoms with E-state index >= 15 is 0 Å². The first-order valence-electron chi connectivity index (χ1n) is 5.10. The molecule has 16 heavy (non-hydrogen) atoms. The fourth-order valence-electron chi connectivity index (χ4n) is 1.25. The zero-order chi connectivity index (χ0) is 12.1. The lowest BCUT2D eigenvalue weighted by Crippen LogP contribution is -2.13. The monoisotopic (exact) mass is 243 g/mol. The van der Waals surface area contributed by atoms with Gasteiger partial charge >= 0.3 is 5.97 Å². The molecule has 1 heterocycles. The van der Waals surface area contributed by atoms with E-state index < -0.39 is 5.97 Å². The highest BCUT2D eigenvalue weighted by Gasteiger charge is 2.17. The molecule has 1 unspecified atom stereocenters. The Labute approximate surface area is 99.4 Å². The lowest BCUT2D eigenvalue weighted by Gasteiger charge is -2.10. The zero-order valence-corrected chi connectivity index (χ0v) is 10.6. The highest BCUT2D eigenvalue weighted by Crippen LogP contribution is 2.15. The molecule has 6 heteroatoms. The Kier molecular flexibility index (Phi) is 4.67. The molecule has 0 spiro atoms. The molecule has 1 rings (SSSR count). The van der Waals surface area contributed by atoms with Gasteiger partial charge in [-0.15, -0.1) is 0 Å². The van der Waals surface area contributed by atoms with E-state index in [9.17, 15) is 4.79 Å². The number of nitrogen functional groups attached to an aromatic ring is 1. The van der Waals surface area contributed by atoms with Crippen LogP contribution in [-0.2, 0) is 11.3 Å². The molecule has 5 nitrogen and oxygen atoms in total. The fourth-order valence-corrected chi connectivity index (χ4v) is 1.56. The largest absolute Gasteiger partial charge is 0.461 e. The number of aromatic nitrogens is 2. The van der Waals surface area contributed by atoms with Crippen LogP contribution in [0.1, 0.15) is 24.3 Å². The number of thioether (sulfide) groups is 1.